The van der Waals surface area contributed by atoms with Crippen LogP contribution in [0.4, 0.5) is 18.9 Å². The molecule has 0 radical (unpaired) electrons. The number of aromatic nitrogens is 2. The van der Waals surface area contributed by atoms with Crippen LogP contribution >= 0.6 is 0 Å². The smallest absolute Gasteiger partial charge is 0.310 e. The van der Waals surface area contributed by atoms with E-state index in [9.17, 15) is 18.4 Å². The number of halogens is 3. The van der Waals surface area contributed by atoms with Crippen LogP contribution in [0.1, 0.15) is 22.3 Å². The minimum atomic E-state index is -4.63. The van der Waals surface area contributed by atoms with E-state index in [-0.39, 0.29) is 5.56 Å². The predicted octanol–water partition coefficient (Wildman–Crippen LogP) is 11.6. The molecule has 2 heterocycles. The molecule has 2 aromatic heterocycles. The molecule has 0 saturated heterocycles. The Kier molecular flexibility index (Phi) is 6.44. The number of aryl methyl sites for hydroxylation is 2. The first-order valence-corrected chi connectivity index (χ1v) is 15.4. The van der Waals surface area contributed by atoms with E-state index in [1.54, 1.807) is 12.1 Å². The molecule has 0 fully saturated rings. The van der Waals surface area contributed by atoms with Gasteiger partial charge in [0.2, 0.25) is 0 Å². The molecule has 0 N–H and O–H groups in total. The quantitative estimate of drug-likeness (QED) is 0.179. The molecule has 0 unspecified atom stereocenters. The first-order valence-electron chi connectivity index (χ1n) is 15.4. The molecule has 0 spiro atoms. The van der Waals surface area contributed by atoms with Gasteiger partial charge in [0.05, 0.1) is 45.8 Å². The summed E-state index contributed by atoms with van der Waals surface area (Å²) in [5.41, 5.74) is 6.96. The van der Waals surface area contributed by atoms with Gasteiger partial charge in [0.1, 0.15) is 0 Å². The van der Waals surface area contributed by atoms with Gasteiger partial charge in [-0.25, -0.2) is 4.85 Å². The van der Waals surface area contributed by atoms with Gasteiger partial charge < -0.3 is 9.13 Å². The van der Waals surface area contributed by atoms with E-state index in [2.05, 4.69) is 44.3 Å². The fraction of sp³-hybridized carbons (Fsp3) is 0.0732. The van der Waals surface area contributed by atoms with Crippen molar-refractivity contribution in [3.8, 4) is 28.6 Å². The summed E-state index contributed by atoms with van der Waals surface area (Å²) in [4.78, 5) is 3.90. The molecule has 0 aliphatic carbocycles. The summed E-state index contributed by atoms with van der Waals surface area (Å²) < 4.78 is 46.0. The zero-order valence-electron chi connectivity index (χ0n) is 25.9. The predicted molar refractivity (Wildman–Crippen MR) is 186 cm³/mol. The van der Waals surface area contributed by atoms with Crippen molar-refractivity contribution in [3.05, 3.63) is 149 Å². The number of hydrogen-bond donors (Lipinski definition) is 0. The fourth-order valence-corrected chi connectivity index (χ4v) is 7.00. The van der Waals surface area contributed by atoms with Crippen molar-refractivity contribution >= 4 is 49.3 Å². The highest BCUT2D eigenvalue weighted by Gasteiger charge is 2.32. The van der Waals surface area contributed by atoms with Crippen molar-refractivity contribution in [2.45, 2.75) is 20.0 Å². The Morgan fingerprint density at radius 2 is 1.12 bits per heavy atom. The van der Waals surface area contributed by atoms with Crippen LogP contribution < -0.4 is 0 Å². The second-order valence-corrected chi connectivity index (χ2v) is 12.1. The Hall–Kier alpha value is -6.31. The third kappa shape index (κ3) is 4.36. The van der Waals surface area contributed by atoms with Crippen LogP contribution in [0.25, 0.3) is 71.0 Å². The van der Waals surface area contributed by atoms with Crippen molar-refractivity contribution in [2.24, 2.45) is 0 Å². The van der Waals surface area contributed by atoms with Gasteiger partial charge >= 0.3 is 6.18 Å². The Morgan fingerprint density at radius 1 is 0.625 bits per heavy atom. The molecule has 0 bridgehead atoms. The number of fused-ring (bicyclic) bond motifs is 6. The molecule has 0 aliphatic heterocycles. The summed E-state index contributed by atoms with van der Waals surface area (Å²) in [5.74, 6) is 0. The third-order valence-electron chi connectivity index (χ3n) is 9.09. The normalized spacial score (nSPS) is 11.8. The van der Waals surface area contributed by atoms with E-state index in [0.29, 0.717) is 28.2 Å². The number of benzene rings is 6. The molecule has 0 aliphatic rings. The van der Waals surface area contributed by atoms with Gasteiger partial charge in [-0.15, -0.1) is 0 Å². The van der Waals surface area contributed by atoms with E-state index < -0.39 is 11.7 Å². The van der Waals surface area contributed by atoms with Crippen molar-refractivity contribution < 1.29 is 13.2 Å². The molecule has 0 saturated carbocycles. The summed E-state index contributed by atoms with van der Waals surface area (Å²) in [5, 5.41) is 14.4. The van der Waals surface area contributed by atoms with Gasteiger partial charge in [0.15, 0.2) is 5.69 Å². The summed E-state index contributed by atoms with van der Waals surface area (Å²) >= 11 is 0. The average Bonchev–Trinajstić information content (AvgIpc) is 3.58. The standard InChI is InChI=1S/C41H25F3N4/c1-24-12-15-32-30-8-4-6-10-34(30)47(36(32)18-24)38-21-28(46-3)22-39(40(38)29-17-14-27(41(42,43)44)20-26(29)23-45)48-35-11-7-5-9-31(35)33-16-13-25(2)19-37(33)48/h4-22H,1-2H3. The number of nitrogens with zero attached hydrogens (tertiary/aromatic N) is 4. The van der Waals surface area contributed by atoms with Gasteiger partial charge in [-0.05, 0) is 73.5 Å². The highest BCUT2D eigenvalue weighted by atomic mass is 19.4. The summed E-state index contributed by atoms with van der Waals surface area (Å²) in [6.07, 6.45) is -4.63. The largest absolute Gasteiger partial charge is 0.416 e. The van der Waals surface area contributed by atoms with Crippen LogP contribution in [-0.4, -0.2) is 9.13 Å². The molecule has 8 aromatic rings. The van der Waals surface area contributed by atoms with E-state index in [0.717, 1.165) is 66.9 Å². The van der Waals surface area contributed by atoms with Crippen molar-refractivity contribution in [1.29, 1.82) is 5.26 Å². The third-order valence-corrected chi connectivity index (χ3v) is 9.09. The molecule has 8 rings (SSSR count). The van der Waals surface area contributed by atoms with E-state index in [1.165, 1.54) is 6.07 Å². The molecule has 230 valence electrons. The summed E-state index contributed by atoms with van der Waals surface area (Å²) in [7, 11) is 0. The van der Waals surface area contributed by atoms with Crippen molar-refractivity contribution in [2.75, 3.05) is 0 Å². The zero-order chi connectivity index (χ0) is 33.3. The van der Waals surface area contributed by atoms with Gasteiger partial charge in [-0.3, -0.25) is 0 Å². The van der Waals surface area contributed by atoms with Crippen LogP contribution in [0.3, 0.4) is 0 Å². The molecule has 4 nitrogen and oxygen atoms in total. The van der Waals surface area contributed by atoms with Gasteiger partial charge in [0, 0.05) is 44.0 Å². The molecule has 0 atom stereocenters. The highest BCUT2D eigenvalue weighted by Crippen LogP contribution is 2.45. The number of hydrogen-bond acceptors (Lipinski definition) is 1. The molecule has 6 aromatic carbocycles. The van der Waals surface area contributed by atoms with Gasteiger partial charge in [-0.1, -0.05) is 66.7 Å². The monoisotopic (exact) mass is 630 g/mol. The fourth-order valence-electron chi connectivity index (χ4n) is 7.00. The Bertz CT molecular complexity index is 2570. The minimum absolute atomic E-state index is 0.114. The topological polar surface area (TPSA) is 38.0 Å². The SMILES string of the molecule is [C-]#[N+]c1cc(-n2c3ccccc3c3ccc(C)cc32)c(-c2ccc(C(F)(F)F)cc2C#N)c(-n2c3ccccc3c3ccc(C)cc32)c1. The Morgan fingerprint density at radius 3 is 1.60 bits per heavy atom. The van der Waals surface area contributed by atoms with E-state index in [1.807, 2.05) is 74.5 Å². The second-order valence-electron chi connectivity index (χ2n) is 12.1. The molecular formula is C41H25F3N4. The lowest BCUT2D eigenvalue weighted by molar-refractivity contribution is -0.137. The van der Waals surface area contributed by atoms with Gasteiger partial charge in [0.25, 0.3) is 0 Å². The minimum Gasteiger partial charge on any atom is -0.310 e. The lowest BCUT2D eigenvalue weighted by atomic mass is 9.94. The Labute approximate surface area is 273 Å². The maximum Gasteiger partial charge on any atom is 0.416 e. The number of alkyl halides is 3. The maximum absolute atomic E-state index is 14.0. The van der Waals surface area contributed by atoms with Crippen LogP contribution in [0, 0.1) is 31.8 Å². The first-order chi connectivity index (χ1) is 23.2. The first kappa shape index (κ1) is 29.1. The van der Waals surface area contributed by atoms with Crippen LogP contribution in [0.15, 0.2) is 115 Å². The highest BCUT2D eigenvalue weighted by molar-refractivity contribution is 6.12. The van der Waals surface area contributed by atoms with E-state index in [4.69, 9.17) is 6.57 Å². The van der Waals surface area contributed by atoms with E-state index >= 15 is 0 Å². The van der Waals surface area contributed by atoms with Gasteiger partial charge in [-0.2, -0.15) is 18.4 Å². The summed E-state index contributed by atoms with van der Waals surface area (Å²) in [6, 6.07) is 37.2. The lowest BCUT2D eigenvalue weighted by Crippen LogP contribution is -2.07. The number of para-hydroxylation sites is 2. The van der Waals surface area contributed by atoms with Crippen LogP contribution in [0.2, 0.25) is 0 Å². The maximum atomic E-state index is 14.0. The van der Waals surface area contributed by atoms with Crippen molar-refractivity contribution in [1.82, 2.24) is 9.13 Å². The second kappa shape index (κ2) is 10.6. The average molecular weight is 631 g/mol. The van der Waals surface area contributed by atoms with Crippen LogP contribution in [-0.2, 0) is 6.18 Å². The Balaban J connectivity index is 1.62. The zero-order valence-corrected chi connectivity index (χ0v) is 25.9. The van der Waals surface area contributed by atoms with Crippen LogP contribution in [0.5, 0.6) is 0 Å². The molecule has 7 heteroatoms. The molecule has 48 heavy (non-hydrogen) atoms. The van der Waals surface area contributed by atoms with Crippen molar-refractivity contribution in [3.63, 3.8) is 0 Å². The lowest BCUT2D eigenvalue weighted by Gasteiger charge is -2.22. The molecular weight excluding hydrogens is 605 g/mol. The number of nitriles is 1. The molecule has 0 amide bonds. The number of rotatable bonds is 3. The summed E-state index contributed by atoms with van der Waals surface area (Å²) in [6.45, 7) is 12.2.